The maximum absolute atomic E-state index is 6.00. The minimum atomic E-state index is 0.532. The molecule has 2 aromatic rings. The van der Waals surface area contributed by atoms with Crippen molar-refractivity contribution < 1.29 is 0 Å². The molecule has 86 valence electrons. The summed E-state index contributed by atoms with van der Waals surface area (Å²) in [5.41, 5.74) is 2.13. The van der Waals surface area contributed by atoms with Crippen molar-refractivity contribution in [3.05, 3.63) is 28.0 Å². The number of rotatable bonds is 3. The molecule has 1 N–H and O–H groups in total. The molecule has 5 heteroatoms. The monoisotopic (exact) mass is 272 g/mol. The summed E-state index contributed by atoms with van der Waals surface area (Å²) >= 11 is 13.2. The zero-order chi connectivity index (χ0) is 11.7. The van der Waals surface area contributed by atoms with Crippen molar-refractivity contribution in [2.45, 2.75) is 18.7 Å². The molecule has 1 atom stereocenters. The maximum Gasteiger partial charge on any atom is 0.178 e. The van der Waals surface area contributed by atoms with Gasteiger partial charge in [0.15, 0.2) is 4.77 Å². The highest BCUT2D eigenvalue weighted by molar-refractivity contribution is 7.99. The average molecular weight is 273 g/mol. The van der Waals surface area contributed by atoms with E-state index >= 15 is 0 Å². The van der Waals surface area contributed by atoms with Crippen molar-refractivity contribution in [1.29, 1.82) is 0 Å². The average Bonchev–Trinajstić information content (AvgIpc) is 2.55. The molecule has 0 radical (unpaired) electrons. The molecule has 2 rings (SSSR count). The number of benzene rings is 1. The van der Waals surface area contributed by atoms with Gasteiger partial charge in [0.2, 0.25) is 0 Å². The van der Waals surface area contributed by atoms with Crippen molar-refractivity contribution in [2.24, 2.45) is 0 Å². The Kier molecular flexibility index (Phi) is 3.62. The molecule has 0 aliphatic heterocycles. The zero-order valence-electron chi connectivity index (χ0n) is 9.16. The Morgan fingerprint density at radius 1 is 1.56 bits per heavy atom. The lowest BCUT2D eigenvalue weighted by atomic mass is 10.3. The van der Waals surface area contributed by atoms with Crippen molar-refractivity contribution in [3.63, 3.8) is 0 Å². The van der Waals surface area contributed by atoms with Crippen LogP contribution >= 0.6 is 35.6 Å². The molecule has 0 bridgehead atoms. The molecule has 0 saturated heterocycles. The van der Waals surface area contributed by atoms with Crippen LogP contribution in [-0.2, 0) is 6.54 Å². The van der Waals surface area contributed by atoms with E-state index < -0.39 is 0 Å². The fourth-order valence-electron chi connectivity index (χ4n) is 1.64. The number of aromatic amines is 1. The van der Waals surface area contributed by atoms with Crippen molar-refractivity contribution in [1.82, 2.24) is 9.55 Å². The third-order valence-electron chi connectivity index (χ3n) is 2.58. The van der Waals surface area contributed by atoms with Gasteiger partial charge in [0.05, 0.1) is 11.0 Å². The Bertz CT molecular complexity index is 559. The normalized spacial score (nSPS) is 13.2. The Balaban J connectivity index is 2.54. The van der Waals surface area contributed by atoms with Gasteiger partial charge in [-0.2, -0.15) is 11.8 Å². The fraction of sp³-hybridized carbons (Fsp3) is 0.364. The molecule has 0 aliphatic carbocycles. The molecule has 0 saturated carbocycles. The van der Waals surface area contributed by atoms with E-state index in [2.05, 4.69) is 22.7 Å². The fourth-order valence-corrected chi connectivity index (χ4v) is 2.39. The van der Waals surface area contributed by atoms with Crippen LogP contribution in [0.1, 0.15) is 6.92 Å². The lowest BCUT2D eigenvalue weighted by molar-refractivity contribution is 0.702. The lowest BCUT2D eigenvalue weighted by Gasteiger charge is -2.10. The molecule has 0 fully saturated rings. The molecule has 0 spiro atoms. The highest BCUT2D eigenvalue weighted by atomic mass is 35.5. The molecule has 1 unspecified atom stereocenters. The number of hydrogen-bond acceptors (Lipinski definition) is 2. The van der Waals surface area contributed by atoms with Gasteiger partial charge in [0.25, 0.3) is 0 Å². The van der Waals surface area contributed by atoms with Crippen LogP contribution in [0.15, 0.2) is 18.2 Å². The second kappa shape index (κ2) is 4.82. The van der Waals surface area contributed by atoms with Crippen molar-refractivity contribution >= 4 is 46.6 Å². The predicted octanol–water partition coefficient (Wildman–Crippen LogP) is 4.10. The number of H-pyrrole nitrogens is 1. The van der Waals surface area contributed by atoms with Crippen LogP contribution in [0.3, 0.4) is 0 Å². The van der Waals surface area contributed by atoms with Crippen LogP contribution in [-0.4, -0.2) is 21.1 Å². The van der Waals surface area contributed by atoms with Gasteiger partial charge in [0.1, 0.15) is 0 Å². The second-order valence-electron chi connectivity index (χ2n) is 3.75. The molecule has 0 amide bonds. The highest BCUT2D eigenvalue weighted by Crippen LogP contribution is 2.21. The Hall–Kier alpha value is -0.450. The largest absolute Gasteiger partial charge is 0.331 e. The quantitative estimate of drug-likeness (QED) is 0.849. The predicted molar refractivity (Wildman–Crippen MR) is 75.1 cm³/mol. The first-order valence-electron chi connectivity index (χ1n) is 5.02. The first kappa shape index (κ1) is 12.0. The number of nitrogens with one attached hydrogen (secondary N) is 1. The number of nitrogens with zero attached hydrogens (tertiary/aromatic N) is 1. The van der Waals surface area contributed by atoms with Crippen molar-refractivity contribution in [3.8, 4) is 0 Å². The molecule has 0 aliphatic rings. The van der Waals surface area contributed by atoms with Crippen LogP contribution in [0.25, 0.3) is 11.0 Å². The van der Waals surface area contributed by atoms with Gasteiger partial charge < -0.3 is 9.55 Å². The van der Waals surface area contributed by atoms with E-state index in [0.29, 0.717) is 5.25 Å². The first-order chi connectivity index (χ1) is 7.61. The minimum absolute atomic E-state index is 0.532. The maximum atomic E-state index is 6.00. The summed E-state index contributed by atoms with van der Waals surface area (Å²) in [6.45, 7) is 3.09. The molecular weight excluding hydrogens is 260 g/mol. The standard InChI is InChI=1S/C11H13ClN2S2/c1-7(16-2)6-14-10-5-8(12)3-4-9(10)13-11(14)15/h3-5,7H,6H2,1-2H3,(H,13,15). The molecule has 1 heterocycles. The molecule has 1 aromatic carbocycles. The van der Waals surface area contributed by atoms with Crippen LogP contribution in [0.4, 0.5) is 0 Å². The number of thioether (sulfide) groups is 1. The molecule has 2 nitrogen and oxygen atoms in total. The summed E-state index contributed by atoms with van der Waals surface area (Å²) in [5.74, 6) is 0. The van der Waals surface area contributed by atoms with Gasteiger partial charge >= 0.3 is 0 Å². The smallest absolute Gasteiger partial charge is 0.178 e. The highest BCUT2D eigenvalue weighted by Gasteiger charge is 2.08. The van der Waals surface area contributed by atoms with Crippen LogP contribution in [0.5, 0.6) is 0 Å². The SMILES string of the molecule is CSC(C)Cn1c(=S)[nH]c2ccc(Cl)cc21. The number of imidazole rings is 1. The van der Waals surface area contributed by atoms with Gasteiger partial charge in [-0.25, -0.2) is 0 Å². The van der Waals surface area contributed by atoms with E-state index in [1.54, 1.807) is 0 Å². The number of hydrogen-bond donors (Lipinski definition) is 1. The second-order valence-corrected chi connectivity index (χ2v) is 5.85. The van der Waals surface area contributed by atoms with E-state index in [1.807, 2.05) is 30.0 Å². The summed E-state index contributed by atoms with van der Waals surface area (Å²) in [7, 11) is 0. The summed E-state index contributed by atoms with van der Waals surface area (Å²) in [5, 5.41) is 1.27. The number of halogens is 1. The van der Waals surface area contributed by atoms with E-state index in [1.165, 1.54) is 0 Å². The Morgan fingerprint density at radius 2 is 2.31 bits per heavy atom. The summed E-state index contributed by atoms with van der Waals surface area (Å²) in [6, 6.07) is 5.79. The van der Waals surface area contributed by atoms with Crippen LogP contribution in [0.2, 0.25) is 5.02 Å². The van der Waals surface area contributed by atoms with Gasteiger partial charge in [-0.3, -0.25) is 0 Å². The molecule has 1 aromatic heterocycles. The van der Waals surface area contributed by atoms with E-state index in [9.17, 15) is 0 Å². The Morgan fingerprint density at radius 3 is 3.00 bits per heavy atom. The minimum Gasteiger partial charge on any atom is -0.331 e. The van der Waals surface area contributed by atoms with E-state index in [-0.39, 0.29) is 0 Å². The summed E-state index contributed by atoms with van der Waals surface area (Å²) in [6.07, 6.45) is 2.11. The van der Waals surface area contributed by atoms with Gasteiger partial charge in [-0.1, -0.05) is 18.5 Å². The number of fused-ring (bicyclic) bond motifs is 1. The molecular formula is C11H13ClN2S2. The van der Waals surface area contributed by atoms with E-state index in [0.717, 1.165) is 27.4 Å². The lowest BCUT2D eigenvalue weighted by Crippen LogP contribution is -2.08. The van der Waals surface area contributed by atoms with Crippen LogP contribution in [0, 0.1) is 4.77 Å². The summed E-state index contributed by atoms with van der Waals surface area (Å²) in [4.78, 5) is 3.19. The first-order valence-corrected chi connectivity index (χ1v) is 7.10. The number of aromatic nitrogens is 2. The third-order valence-corrected chi connectivity index (χ3v) is 4.09. The van der Waals surface area contributed by atoms with E-state index in [4.69, 9.17) is 23.8 Å². The van der Waals surface area contributed by atoms with Gasteiger partial charge in [-0.15, -0.1) is 0 Å². The Labute approximate surface area is 109 Å². The topological polar surface area (TPSA) is 20.7 Å². The van der Waals surface area contributed by atoms with Crippen molar-refractivity contribution in [2.75, 3.05) is 6.26 Å². The summed E-state index contributed by atoms with van der Waals surface area (Å²) < 4.78 is 2.87. The van der Waals surface area contributed by atoms with Crippen LogP contribution < -0.4 is 0 Å². The third kappa shape index (κ3) is 2.29. The van der Waals surface area contributed by atoms with Gasteiger partial charge in [-0.05, 0) is 36.7 Å². The zero-order valence-corrected chi connectivity index (χ0v) is 11.5. The van der Waals surface area contributed by atoms with Gasteiger partial charge in [0, 0.05) is 16.8 Å². The molecule has 16 heavy (non-hydrogen) atoms.